The van der Waals surface area contributed by atoms with Gasteiger partial charge in [-0.25, -0.2) is 28.9 Å². The molecule has 3 saturated heterocycles. The minimum Gasteiger partial charge on any atom is -0.464 e. The molecule has 5 aliphatic rings. The fraction of sp³-hybridized carbons (Fsp3) is 0.509. The van der Waals surface area contributed by atoms with Crippen molar-refractivity contribution in [2.24, 2.45) is 23.7 Å². The van der Waals surface area contributed by atoms with Gasteiger partial charge in [-0.05, 0) is 106 Å². The number of imidazole rings is 2. The lowest BCUT2D eigenvalue weighted by Gasteiger charge is -2.40. The van der Waals surface area contributed by atoms with Crippen LogP contribution in [0.15, 0.2) is 55.0 Å². The lowest BCUT2D eigenvalue weighted by Crippen LogP contribution is -2.55. The summed E-state index contributed by atoms with van der Waals surface area (Å²) in [5.41, 5.74) is 4.11. The van der Waals surface area contributed by atoms with Gasteiger partial charge in [0.2, 0.25) is 18.0 Å². The Bertz CT molecular complexity index is 3180. The van der Waals surface area contributed by atoms with E-state index < -0.39 is 41.9 Å². The zero-order valence-electron chi connectivity index (χ0n) is 43.6. The molecule has 4 N–H and O–H groups in total. The molecule has 0 bridgehead atoms. The summed E-state index contributed by atoms with van der Waals surface area (Å²) in [5, 5.41) is 7.43. The van der Waals surface area contributed by atoms with Gasteiger partial charge in [0, 0.05) is 48.3 Å². The van der Waals surface area contributed by atoms with E-state index in [4.69, 9.17) is 33.9 Å². The molecule has 75 heavy (non-hydrogen) atoms. The van der Waals surface area contributed by atoms with Crippen molar-refractivity contribution in [3.05, 3.63) is 82.3 Å². The number of amides is 4. The summed E-state index contributed by atoms with van der Waals surface area (Å²) in [6, 6.07) is 9.28. The molecule has 1 aliphatic carbocycles. The number of hydrogen-bond donors (Lipinski definition) is 4. The number of fused-ring (bicyclic) bond motifs is 6. The number of benzene rings is 2. The number of methoxy groups -OCH3 is 2. The molecule has 3 unspecified atom stereocenters. The van der Waals surface area contributed by atoms with Crippen LogP contribution in [-0.4, -0.2) is 114 Å². The Morgan fingerprint density at radius 3 is 2.33 bits per heavy atom. The van der Waals surface area contributed by atoms with Gasteiger partial charge in [-0.2, -0.15) is 0 Å². The lowest BCUT2D eigenvalue weighted by atomic mass is 9.82. The van der Waals surface area contributed by atoms with Crippen molar-refractivity contribution >= 4 is 46.2 Å². The lowest BCUT2D eigenvalue weighted by molar-refractivity contribution is -0.140. The molecule has 0 spiro atoms. The zero-order chi connectivity index (χ0) is 52.6. The second-order valence-electron chi connectivity index (χ2n) is 22.2. The van der Waals surface area contributed by atoms with Crippen LogP contribution < -0.4 is 15.4 Å². The highest BCUT2D eigenvalue weighted by atomic mass is 32.1. The third kappa shape index (κ3) is 9.52. The number of carbonyl (C=O) groups is 4. The van der Waals surface area contributed by atoms with E-state index in [2.05, 4.69) is 40.5 Å². The number of ether oxygens (including phenoxy) is 4. The molecule has 20 heteroatoms. The van der Waals surface area contributed by atoms with Crippen LogP contribution in [0.25, 0.3) is 44.7 Å². The molecule has 4 aliphatic heterocycles. The Morgan fingerprint density at radius 1 is 0.880 bits per heavy atom. The Labute approximate surface area is 438 Å². The van der Waals surface area contributed by atoms with Crippen molar-refractivity contribution in [3.63, 3.8) is 0 Å². The van der Waals surface area contributed by atoms with Crippen LogP contribution in [0.1, 0.15) is 120 Å². The standard InChI is InChI=1S/C55H65FN10O8S/c1-27(2)16-44-57-26-43(75-44)52-66-37-12-11-29(35-24-59-49(60-35)41-21-33-19-39(33)65(41)51(68)47(63-54(70)72-8)30-13-15-73-55(5,6)23-30)17-32(37)20-40(66)45-34(56)18-31(22-42(45)74-52)36-25-58-48(61-36)38-10-9-14-64(38)50(67)46(28(3)4)62-53(69)71-7/h11-12,17-18,20,22,24-28,30,33,38-39,41,46-47,52H,9-10,13-16,19,21,23H2,1-8H3,(H,58,61)(H,59,60)(H,62,69)(H,63,70)/t30?,33-,38+,39-,41+,46+,47?,52?/m1/s1. The van der Waals surface area contributed by atoms with E-state index in [1.165, 1.54) is 20.3 Å². The number of carbonyl (C=O) groups excluding carboxylic acids is 4. The number of hydrogen-bond acceptors (Lipinski definition) is 12. The average Bonchev–Trinajstić information content (AvgIpc) is 4.15. The van der Waals surface area contributed by atoms with Crippen molar-refractivity contribution in [1.82, 2.24) is 49.9 Å². The fourth-order valence-corrected chi connectivity index (χ4v) is 13.1. The van der Waals surface area contributed by atoms with E-state index in [-0.39, 0.29) is 41.8 Å². The summed E-state index contributed by atoms with van der Waals surface area (Å²) in [6.45, 7) is 13.1. The topological polar surface area (TPSA) is 211 Å². The number of nitrogens with zero attached hydrogens (tertiary/aromatic N) is 6. The molecule has 4 amide bonds. The Kier molecular flexibility index (Phi) is 13.2. The van der Waals surface area contributed by atoms with Crippen molar-refractivity contribution < 1.29 is 42.5 Å². The van der Waals surface area contributed by atoms with E-state index >= 15 is 4.39 Å². The number of aromatic nitrogens is 6. The summed E-state index contributed by atoms with van der Waals surface area (Å²) >= 11 is 1.58. The first-order valence-electron chi connectivity index (χ1n) is 26.1. The van der Waals surface area contributed by atoms with Gasteiger partial charge >= 0.3 is 12.2 Å². The third-order valence-corrected chi connectivity index (χ3v) is 16.7. The largest absolute Gasteiger partial charge is 0.464 e. The number of alkyl carbamates (subject to hydrolysis) is 2. The van der Waals surface area contributed by atoms with Crippen molar-refractivity contribution in [2.75, 3.05) is 27.4 Å². The molecule has 4 fully saturated rings. The molecule has 396 valence electrons. The third-order valence-electron chi connectivity index (χ3n) is 15.7. The van der Waals surface area contributed by atoms with Gasteiger partial charge in [-0.3, -0.25) is 14.2 Å². The van der Waals surface area contributed by atoms with Crippen LogP contribution in [0.4, 0.5) is 14.0 Å². The summed E-state index contributed by atoms with van der Waals surface area (Å²) in [6.07, 6.45) is 8.50. The maximum atomic E-state index is 17.1. The van der Waals surface area contributed by atoms with E-state index in [0.717, 1.165) is 57.7 Å². The molecule has 6 aromatic rings. The number of likely N-dealkylation sites (tertiary alicyclic amines) is 2. The molecule has 11 rings (SSSR count). The number of thiazole rings is 1. The van der Waals surface area contributed by atoms with Gasteiger partial charge in [0.25, 0.3) is 0 Å². The predicted octanol–water partition coefficient (Wildman–Crippen LogP) is 9.46. The van der Waals surface area contributed by atoms with Crippen molar-refractivity contribution in [1.29, 1.82) is 0 Å². The minimum atomic E-state index is -0.779. The summed E-state index contributed by atoms with van der Waals surface area (Å²) in [5.74, 6) is 1.23. The van der Waals surface area contributed by atoms with E-state index in [1.807, 2.05) is 67.6 Å². The Balaban J connectivity index is 0.902. The highest BCUT2D eigenvalue weighted by Gasteiger charge is 2.57. The SMILES string of the molecule is COC(=O)NC(C(=O)N1[C@@H]2C[C@@H]2C[C@H]1c1ncc(-c2ccc3c(c2)cc2n3C(c3cnc(CC(C)C)s3)Oc3cc(-c4cnc([C@@H]5CCCN5C(=O)[C@@H](NC(=O)OC)C(C)C)[nH]4)cc(F)c3-2)[nH]1)C1CCOC(C)(C)C1. The monoisotopic (exact) mass is 1040 g/mol. The first-order chi connectivity index (χ1) is 36.0. The van der Waals surface area contributed by atoms with Gasteiger partial charge in [0.1, 0.15) is 35.3 Å². The molecule has 18 nitrogen and oxygen atoms in total. The number of aromatic amines is 2. The van der Waals surface area contributed by atoms with Gasteiger partial charge in [-0.15, -0.1) is 11.3 Å². The predicted molar refractivity (Wildman–Crippen MR) is 278 cm³/mol. The second-order valence-corrected chi connectivity index (χ2v) is 23.3. The Hall–Kier alpha value is -6.80. The molecule has 4 aromatic heterocycles. The minimum absolute atomic E-state index is 0.0725. The number of rotatable bonds is 13. The van der Waals surface area contributed by atoms with Crippen molar-refractivity contribution in [2.45, 2.75) is 129 Å². The van der Waals surface area contributed by atoms with E-state index in [1.54, 1.807) is 28.6 Å². The number of nitrogens with one attached hydrogen (secondary N) is 4. The van der Waals surface area contributed by atoms with Gasteiger partial charge in [-0.1, -0.05) is 33.8 Å². The first kappa shape index (κ1) is 50.4. The van der Waals surface area contributed by atoms with Crippen molar-refractivity contribution in [3.8, 4) is 39.5 Å². The summed E-state index contributed by atoms with van der Waals surface area (Å²) in [4.78, 5) is 79.3. The molecular weight excluding hydrogens is 980 g/mol. The second kappa shape index (κ2) is 19.7. The maximum Gasteiger partial charge on any atom is 0.407 e. The highest BCUT2D eigenvalue weighted by Crippen LogP contribution is 2.54. The summed E-state index contributed by atoms with van der Waals surface area (Å²) in [7, 11) is 2.58. The van der Waals surface area contributed by atoms with Gasteiger partial charge in [0.15, 0.2) is 0 Å². The summed E-state index contributed by atoms with van der Waals surface area (Å²) < 4.78 is 41.8. The Morgan fingerprint density at radius 2 is 1.61 bits per heavy atom. The quantitative estimate of drug-likeness (QED) is 0.0856. The molecule has 0 radical (unpaired) electrons. The van der Waals surface area contributed by atoms with Gasteiger partial charge < -0.3 is 49.3 Å². The molecular formula is C55H65FN10O8S. The van der Waals surface area contributed by atoms with Crippen LogP contribution in [0.2, 0.25) is 0 Å². The van der Waals surface area contributed by atoms with Crippen LogP contribution in [0.5, 0.6) is 5.75 Å². The smallest absolute Gasteiger partial charge is 0.407 e. The molecule has 8 heterocycles. The maximum absolute atomic E-state index is 17.1. The molecule has 2 aromatic carbocycles. The zero-order valence-corrected chi connectivity index (χ0v) is 44.4. The van der Waals surface area contributed by atoms with Crippen LogP contribution >= 0.6 is 11.3 Å². The first-order valence-corrected chi connectivity index (χ1v) is 27.0. The van der Waals surface area contributed by atoms with E-state index in [9.17, 15) is 19.2 Å². The average molecular weight is 1050 g/mol. The number of halogens is 1. The van der Waals surface area contributed by atoms with Crippen LogP contribution in [0.3, 0.4) is 0 Å². The molecule has 8 atom stereocenters. The number of H-pyrrole nitrogens is 2. The molecule has 1 saturated carbocycles. The van der Waals surface area contributed by atoms with Crippen LogP contribution in [0, 0.1) is 29.5 Å². The van der Waals surface area contributed by atoms with E-state index in [0.29, 0.717) is 84.2 Å². The number of piperidine rings is 1. The van der Waals surface area contributed by atoms with Gasteiger partial charge in [0.05, 0.1) is 82.3 Å². The van der Waals surface area contributed by atoms with Crippen LogP contribution in [-0.2, 0) is 30.2 Å². The highest BCUT2D eigenvalue weighted by molar-refractivity contribution is 7.11. The fourth-order valence-electron chi connectivity index (χ4n) is 12.0. The normalized spacial score (nSPS) is 23.3.